The van der Waals surface area contributed by atoms with Gasteiger partial charge in [-0.3, -0.25) is 10.4 Å². The number of ether oxygens (including phenoxy) is 1. The molecule has 0 saturated heterocycles. The molecule has 0 fully saturated rings. The summed E-state index contributed by atoms with van der Waals surface area (Å²) < 4.78 is 43.4. The first-order valence-electron chi connectivity index (χ1n) is 8.52. The lowest BCUT2D eigenvalue weighted by Gasteiger charge is -2.16. The summed E-state index contributed by atoms with van der Waals surface area (Å²) in [5.74, 6) is 1.07. The summed E-state index contributed by atoms with van der Waals surface area (Å²) in [4.78, 5) is 0. The summed E-state index contributed by atoms with van der Waals surface area (Å²) in [7, 11) is 1.60. The smallest absolute Gasteiger partial charge is 0.416 e. The van der Waals surface area contributed by atoms with Crippen molar-refractivity contribution in [2.45, 2.75) is 19.5 Å². The maximum absolute atomic E-state index is 12.7. The molecule has 142 valence electrons. The molecule has 1 aliphatic rings. The molecule has 0 amide bonds. The highest BCUT2D eigenvalue weighted by Gasteiger charge is 2.30. The number of hydrogen-bond donors (Lipinski definition) is 1. The highest BCUT2D eigenvalue weighted by Crippen LogP contribution is 2.30. The third kappa shape index (κ3) is 4.13. The molecule has 0 saturated carbocycles. The number of hydrazone groups is 1. The van der Waals surface area contributed by atoms with Gasteiger partial charge in [-0.05, 0) is 29.8 Å². The molecule has 1 N–H and O–H groups in total. The molecular weight excluding hydrogens is 355 g/mol. The molecule has 0 bridgehead atoms. The molecule has 4 nitrogen and oxygen atoms in total. The lowest BCUT2D eigenvalue weighted by Crippen LogP contribution is -2.26. The molecule has 1 atom stereocenters. The van der Waals surface area contributed by atoms with E-state index in [9.17, 15) is 13.2 Å². The first kappa shape index (κ1) is 18.9. The predicted octanol–water partition coefficient (Wildman–Crippen LogP) is 4.59. The quantitative estimate of drug-likeness (QED) is 0.628. The summed E-state index contributed by atoms with van der Waals surface area (Å²) in [5, 5.41) is 14.5. The van der Waals surface area contributed by atoms with Crippen molar-refractivity contribution >= 4 is 11.5 Å². The third-order valence-electron chi connectivity index (χ3n) is 4.49. The van der Waals surface area contributed by atoms with Crippen molar-refractivity contribution in [3.05, 3.63) is 65.2 Å². The molecular formula is C20H20F3N3O. The molecule has 2 aromatic rings. The van der Waals surface area contributed by atoms with Crippen LogP contribution in [0.15, 0.2) is 53.6 Å². The average Bonchev–Trinajstić information content (AvgIpc) is 3.03. The van der Waals surface area contributed by atoms with Crippen molar-refractivity contribution in [3.63, 3.8) is 0 Å². The van der Waals surface area contributed by atoms with Crippen LogP contribution in [0.1, 0.15) is 23.6 Å². The number of rotatable bonds is 4. The lowest BCUT2D eigenvalue weighted by molar-refractivity contribution is -0.137. The summed E-state index contributed by atoms with van der Waals surface area (Å²) in [6.45, 7) is 2.57. The summed E-state index contributed by atoms with van der Waals surface area (Å²) >= 11 is 0. The van der Waals surface area contributed by atoms with E-state index in [1.807, 2.05) is 31.2 Å². The van der Waals surface area contributed by atoms with E-state index in [0.29, 0.717) is 12.1 Å². The van der Waals surface area contributed by atoms with Crippen LogP contribution in [0.5, 0.6) is 5.75 Å². The SMILES string of the molecule is COc1ccccc1C1=NN(C(=N)Cc2ccc(C(F)(F)F)cc2)CC1C. The third-order valence-corrected chi connectivity index (χ3v) is 4.49. The Balaban J connectivity index is 1.75. The van der Waals surface area contributed by atoms with E-state index in [1.165, 1.54) is 12.1 Å². The van der Waals surface area contributed by atoms with Gasteiger partial charge in [0.2, 0.25) is 0 Å². The zero-order chi connectivity index (χ0) is 19.6. The van der Waals surface area contributed by atoms with E-state index in [4.69, 9.17) is 10.1 Å². The minimum Gasteiger partial charge on any atom is -0.496 e. The minimum atomic E-state index is -4.36. The fourth-order valence-electron chi connectivity index (χ4n) is 3.06. The molecule has 27 heavy (non-hydrogen) atoms. The normalized spacial score (nSPS) is 17.0. The Morgan fingerprint density at radius 3 is 2.48 bits per heavy atom. The second-order valence-electron chi connectivity index (χ2n) is 6.49. The molecule has 0 radical (unpaired) electrons. The summed E-state index contributed by atoms with van der Waals surface area (Å²) in [6.07, 6.45) is -4.14. The monoisotopic (exact) mass is 375 g/mol. The fraction of sp³-hybridized carbons (Fsp3) is 0.300. The molecule has 3 rings (SSSR count). The number of hydrogen-bond acceptors (Lipinski definition) is 3. The van der Waals surface area contributed by atoms with Crippen molar-refractivity contribution in [3.8, 4) is 5.75 Å². The highest BCUT2D eigenvalue weighted by atomic mass is 19.4. The standard InChI is InChI=1S/C20H20F3N3O/c1-13-12-26(25-19(13)16-5-3-4-6-17(16)27-2)18(24)11-14-7-9-15(10-8-14)20(21,22)23/h3-10,13,24H,11-12H2,1-2H3. The molecule has 0 aliphatic carbocycles. The number of amidine groups is 1. The Morgan fingerprint density at radius 2 is 1.85 bits per heavy atom. The molecule has 1 unspecified atom stereocenters. The number of para-hydroxylation sites is 1. The maximum Gasteiger partial charge on any atom is 0.416 e. The van der Waals surface area contributed by atoms with Crippen LogP contribution in [0.2, 0.25) is 0 Å². The Morgan fingerprint density at radius 1 is 1.19 bits per heavy atom. The van der Waals surface area contributed by atoms with Gasteiger partial charge in [0, 0.05) is 17.9 Å². The van der Waals surface area contributed by atoms with Gasteiger partial charge >= 0.3 is 6.18 Å². The zero-order valence-electron chi connectivity index (χ0n) is 15.0. The number of methoxy groups -OCH3 is 1. The maximum atomic E-state index is 12.7. The molecule has 1 aliphatic heterocycles. The Hall–Kier alpha value is -2.83. The first-order chi connectivity index (χ1) is 12.8. The number of alkyl halides is 3. The number of halogens is 3. The van der Waals surface area contributed by atoms with E-state index in [0.717, 1.165) is 29.2 Å². The number of benzene rings is 2. The van der Waals surface area contributed by atoms with Crippen molar-refractivity contribution in [1.82, 2.24) is 5.01 Å². The van der Waals surface area contributed by atoms with Gasteiger partial charge in [-0.1, -0.05) is 31.2 Å². The van der Waals surface area contributed by atoms with Gasteiger partial charge in [0.15, 0.2) is 0 Å². The lowest BCUT2D eigenvalue weighted by atomic mass is 9.98. The first-order valence-corrected chi connectivity index (χ1v) is 8.52. The van der Waals surface area contributed by atoms with E-state index < -0.39 is 11.7 Å². The number of nitrogens with one attached hydrogen (secondary N) is 1. The van der Waals surface area contributed by atoms with Crippen molar-refractivity contribution in [2.75, 3.05) is 13.7 Å². The Bertz CT molecular complexity index is 860. The van der Waals surface area contributed by atoms with Gasteiger partial charge in [0.1, 0.15) is 11.6 Å². The topological polar surface area (TPSA) is 48.7 Å². The van der Waals surface area contributed by atoms with Gasteiger partial charge in [-0.25, -0.2) is 0 Å². The predicted molar refractivity (Wildman–Crippen MR) is 98.3 cm³/mol. The van der Waals surface area contributed by atoms with Crippen LogP contribution >= 0.6 is 0 Å². The summed E-state index contributed by atoms with van der Waals surface area (Å²) in [5.41, 5.74) is 1.67. The molecule has 2 aromatic carbocycles. The van der Waals surface area contributed by atoms with Gasteiger partial charge in [0.05, 0.1) is 24.9 Å². The second-order valence-corrected chi connectivity index (χ2v) is 6.49. The van der Waals surface area contributed by atoms with E-state index in [-0.39, 0.29) is 18.2 Å². The summed E-state index contributed by atoms with van der Waals surface area (Å²) in [6, 6.07) is 12.5. The van der Waals surface area contributed by atoms with Crippen LogP contribution in [-0.4, -0.2) is 30.2 Å². The van der Waals surface area contributed by atoms with Crippen LogP contribution in [0.25, 0.3) is 0 Å². The molecule has 7 heteroatoms. The van der Waals surface area contributed by atoms with Crippen LogP contribution < -0.4 is 4.74 Å². The average molecular weight is 375 g/mol. The Kier molecular flexibility index (Phi) is 5.21. The van der Waals surface area contributed by atoms with Gasteiger partial charge < -0.3 is 4.74 Å². The van der Waals surface area contributed by atoms with Crippen LogP contribution in [0.3, 0.4) is 0 Å². The largest absolute Gasteiger partial charge is 0.496 e. The number of nitrogens with zero attached hydrogens (tertiary/aromatic N) is 2. The fourth-order valence-corrected chi connectivity index (χ4v) is 3.06. The van der Waals surface area contributed by atoms with E-state index in [2.05, 4.69) is 5.10 Å². The Labute approximate surface area is 155 Å². The van der Waals surface area contributed by atoms with Crippen molar-refractivity contribution < 1.29 is 17.9 Å². The van der Waals surface area contributed by atoms with Crippen LogP contribution in [-0.2, 0) is 12.6 Å². The molecule has 1 heterocycles. The zero-order valence-corrected chi connectivity index (χ0v) is 15.0. The second kappa shape index (κ2) is 7.42. The van der Waals surface area contributed by atoms with Gasteiger partial charge in [-0.2, -0.15) is 18.3 Å². The van der Waals surface area contributed by atoms with Crippen molar-refractivity contribution in [1.29, 1.82) is 5.41 Å². The van der Waals surface area contributed by atoms with E-state index >= 15 is 0 Å². The van der Waals surface area contributed by atoms with E-state index in [1.54, 1.807) is 12.1 Å². The molecule has 0 spiro atoms. The van der Waals surface area contributed by atoms with Crippen LogP contribution in [0.4, 0.5) is 13.2 Å². The van der Waals surface area contributed by atoms with Gasteiger partial charge in [-0.15, -0.1) is 0 Å². The van der Waals surface area contributed by atoms with Gasteiger partial charge in [0.25, 0.3) is 0 Å². The molecule has 0 aromatic heterocycles. The minimum absolute atomic E-state index is 0.106. The van der Waals surface area contributed by atoms with Crippen LogP contribution in [0, 0.1) is 11.3 Å². The van der Waals surface area contributed by atoms with Crippen molar-refractivity contribution in [2.24, 2.45) is 11.0 Å². The highest BCUT2D eigenvalue weighted by molar-refractivity contribution is 6.06.